The number of nitrogens with zero attached hydrogens (tertiary/aromatic N) is 2. The van der Waals surface area contributed by atoms with Crippen molar-refractivity contribution < 1.29 is 0 Å². The molecule has 94 valence electrons. The van der Waals surface area contributed by atoms with Gasteiger partial charge in [-0.3, -0.25) is 0 Å². The fourth-order valence-electron chi connectivity index (χ4n) is 1.58. The quantitative estimate of drug-likeness (QED) is 0.825. The number of hydrogen-bond acceptors (Lipinski definition) is 4. The van der Waals surface area contributed by atoms with Crippen molar-refractivity contribution in [2.75, 3.05) is 17.2 Å². The first-order valence-electron chi connectivity index (χ1n) is 5.79. The van der Waals surface area contributed by atoms with Crippen molar-refractivity contribution in [2.24, 2.45) is 0 Å². The Balaban J connectivity index is 2.20. The van der Waals surface area contributed by atoms with Crippen LogP contribution in [0.5, 0.6) is 0 Å². The zero-order valence-corrected chi connectivity index (χ0v) is 12.5. The minimum absolute atomic E-state index is 0.751. The Morgan fingerprint density at radius 1 is 1.11 bits per heavy atom. The average molecular weight is 354 g/mol. The lowest BCUT2D eigenvalue weighted by molar-refractivity contribution is 1.04. The van der Waals surface area contributed by atoms with Crippen molar-refractivity contribution in [3.8, 4) is 0 Å². The topological polar surface area (TPSA) is 49.8 Å². The Hall–Kier alpha value is -1.37. The third-order valence-corrected chi connectivity index (χ3v) is 3.03. The van der Waals surface area contributed by atoms with Gasteiger partial charge in [-0.25, -0.2) is 9.97 Å². The highest BCUT2D eigenvalue weighted by Crippen LogP contribution is 2.18. The number of nitrogens with one attached hydrogen (secondary N) is 2. The van der Waals surface area contributed by atoms with Gasteiger partial charge in [0.25, 0.3) is 0 Å². The minimum atomic E-state index is 0.751. The highest BCUT2D eigenvalue weighted by molar-refractivity contribution is 14.1. The molecule has 0 aliphatic heterocycles. The first-order valence-corrected chi connectivity index (χ1v) is 6.87. The van der Waals surface area contributed by atoms with E-state index < -0.39 is 0 Å². The summed E-state index contributed by atoms with van der Waals surface area (Å²) in [6, 6.07) is 10.1. The molecule has 0 saturated carbocycles. The molecule has 0 fully saturated rings. The Morgan fingerprint density at radius 3 is 2.44 bits per heavy atom. The lowest BCUT2D eigenvalue weighted by Gasteiger charge is -2.09. The molecular weight excluding hydrogens is 339 g/mol. The van der Waals surface area contributed by atoms with Crippen LogP contribution in [-0.2, 0) is 0 Å². The lowest BCUT2D eigenvalue weighted by Crippen LogP contribution is -2.04. The Labute approximate surface area is 120 Å². The summed E-state index contributed by atoms with van der Waals surface area (Å²) in [6.07, 6.45) is 0. The van der Waals surface area contributed by atoms with Crippen LogP contribution in [0, 0.1) is 10.5 Å². The fraction of sp³-hybridized carbons (Fsp3) is 0.231. The van der Waals surface area contributed by atoms with Crippen LogP contribution >= 0.6 is 22.6 Å². The third kappa shape index (κ3) is 3.56. The highest BCUT2D eigenvalue weighted by Gasteiger charge is 2.01. The van der Waals surface area contributed by atoms with Crippen molar-refractivity contribution in [3.63, 3.8) is 0 Å². The summed E-state index contributed by atoms with van der Waals surface area (Å²) < 4.78 is 1.21. The molecule has 0 atom stereocenters. The molecule has 0 saturated heterocycles. The van der Waals surface area contributed by atoms with Gasteiger partial charge in [-0.1, -0.05) is 0 Å². The van der Waals surface area contributed by atoms with Crippen molar-refractivity contribution in [3.05, 3.63) is 39.7 Å². The van der Waals surface area contributed by atoms with E-state index in [1.54, 1.807) is 0 Å². The molecule has 0 amide bonds. The maximum Gasteiger partial charge on any atom is 0.136 e. The summed E-state index contributed by atoms with van der Waals surface area (Å²) in [5, 5.41) is 6.47. The van der Waals surface area contributed by atoms with Crippen molar-refractivity contribution in [1.82, 2.24) is 9.97 Å². The number of halogens is 1. The summed E-state index contributed by atoms with van der Waals surface area (Å²) in [5.41, 5.74) is 1.02. The Morgan fingerprint density at radius 2 is 1.78 bits per heavy atom. The maximum absolute atomic E-state index is 4.37. The molecule has 1 heterocycles. The van der Waals surface area contributed by atoms with E-state index in [2.05, 4.69) is 55.3 Å². The smallest absolute Gasteiger partial charge is 0.136 e. The van der Waals surface area contributed by atoms with Gasteiger partial charge in [-0.15, -0.1) is 0 Å². The number of anilines is 3. The van der Waals surface area contributed by atoms with Crippen LogP contribution in [0.15, 0.2) is 30.3 Å². The largest absolute Gasteiger partial charge is 0.370 e. The molecule has 0 unspecified atom stereocenters. The van der Waals surface area contributed by atoms with Crippen LogP contribution in [0.2, 0.25) is 0 Å². The standard InChI is InChI=1S/C13H15IN4/c1-3-15-12-8-13(17-9(2)16-12)18-11-6-4-10(14)5-7-11/h4-8H,3H2,1-2H3,(H2,15,16,17,18). The van der Waals surface area contributed by atoms with Crippen LogP contribution in [-0.4, -0.2) is 16.5 Å². The summed E-state index contributed by atoms with van der Waals surface area (Å²) >= 11 is 2.29. The zero-order chi connectivity index (χ0) is 13.0. The van der Waals surface area contributed by atoms with E-state index >= 15 is 0 Å². The summed E-state index contributed by atoms with van der Waals surface area (Å²) in [6.45, 7) is 4.78. The van der Waals surface area contributed by atoms with E-state index in [0.717, 1.165) is 29.7 Å². The van der Waals surface area contributed by atoms with Gasteiger partial charge in [0.1, 0.15) is 17.5 Å². The first kappa shape index (κ1) is 13.1. The number of benzene rings is 1. The van der Waals surface area contributed by atoms with Crippen LogP contribution in [0.3, 0.4) is 0 Å². The maximum atomic E-state index is 4.37. The highest BCUT2D eigenvalue weighted by atomic mass is 127. The first-order chi connectivity index (χ1) is 8.67. The van der Waals surface area contributed by atoms with Gasteiger partial charge in [0, 0.05) is 21.9 Å². The lowest BCUT2D eigenvalue weighted by atomic mass is 10.3. The second-order valence-electron chi connectivity index (χ2n) is 3.85. The molecule has 1 aromatic heterocycles. The Bertz CT molecular complexity index is 525. The number of hydrogen-bond donors (Lipinski definition) is 2. The van der Waals surface area contributed by atoms with E-state index in [4.69, 9.17) is 0 Å². The van der Waals surface area contributed by atoms with Gasteiger partial charge in [-0.2, -0.15) is 0 Å². The molecule has 1 aromatic carbocycles. The van der Waals surface area contributed by atoms with E-state index in [1.807, 2.05) is 32.0 Å². The van der Waals surface area contributed by atoms with Gasteiger partial charge in [0.05, 0.1) is 0 Å². The molecule has 18 heavy (non-hydrogen) atoms. The summed E-state index contributed by atoms with van der Waals surface area (Å²) in [4.78, 5) is 8.69. The normalized spacial score (nSPS) is 10.2. The fourth-order valence-corrected chi connectivity index (χ4v) is 1.94. The third-order valence-electron chi connectivity index (χ3n) is 2.31. The zero-order valence-electron chi connectivity index (χ0n) is 10.4. The average Bonchev–Trinajstić information content (AvgIpc) is 2.32. The SMILES string of the molecule is CCNc1cc(Nc2ccc(I)cc2)nc(C)n1. The Kier molecular flexibility index (Phi) is 4.35. The second kappa shape index (κ2) is 5.99. The van der Waals surface area contributed by atoms with Crippen molar-refractivity contribution in [1.29, 1.82) is 0 Å². The number of rotatable bonds is 4. The summed E-state index contributed by atoms with van der Waals surface area (Å²) in [7, 11) is 0. The molecule has 5 heteroatoms. The van der Waals surface area contributed by atoms with Crippen molar-refractivity contribution >= 4 is 39.9 Å². The molecule has 0 spiro atoms. The molecule has 0 radical (unpaired) electrons. The van der Waals surface area contributed by atoms with E-state index in [0.29, 0.717) is 0 Å². The van der Waals surface area contributed by atoms with E-state index in [-0.39, 0.29) is 0 Å². The van der Waals surface area contributed by atoms with Gasteiger partial charge < -0.3 is 10.6 Å². The molecule has 0 bridgehead atoms. The monoisotopic (exact) mass is 354 g/mol. The predicted molar refractivity (Wildman–Crippen MR) is 83.4 cm³/mol. The van der Waals surface area contributed by atoms with E-state index in [1.165, 1.54) is 3.57 Å². The van der Waals surface area contributed by atoms with Gasteiger partial charge >= 0.3 is 0 Å². The molecule has 2 aromatic rings. The van der Waals surface area contributed by atoms with Crippen LogP contribution in [0.4, 0.5) is 17.3 Å². The molecule has 0 aliphatic rings. The predicted octanol–water partition coefficient (Wildman–Crippen LogP) is 3.57. The molecule has 0 aliphatic carbocycles. The van der Waals surface area contributed by atoms with Crippen LogP contribution < -0.4 is 10.6 Å². The second-order valence-corrected chi connectivity index (χ2v) is 5.09. The van der Waals surface area contributed by atoms with E-state index in [9.17, 15) is 0 Å². The number of aryl methyl sites for hydroxylation is 1. The number of aromatic nitrogens is 2. The summed E-state index contributed by atoms with van der Waals surface area (Å²) in [5.74, 6) is 2.40. The van der Waals surface area contributed by atoms with Gasteiger partial charge in [0.2, 0.25) is 0 Å². The minimum Gasteiger partial charge on any atom is -0.370 e. The van der Waals surface area contributed by atoms with Gasteiger partial charge in [-0.05, 0) is 60.7 Å². The van der Waals surface area contributed by atoms with Crippen molar-refractivity contribution in [2.45, 2.75) is 13.8 Å². The van der Waals surface area contributed by atoms with Gasteiger partial charge in [0.15, 0.2) is 0 Å². The molecule has 4 nitrogen and oxygen atoms in total. The molecule has 2 rings (SSSR count). The molecule has 2 N–H and O–H groups in total. The van der Waals surface area contributed by atoms with Crippen LogP contribution in [0.1, 0.15) is 12.7 Å². The molecular formula is C13H15IN4. The van der Waals surface area contributed by atoms with Crippen LogP contribution in [0.25, 0.3) is 0 Å².